The first-order chi connectivity index (χ1) is 12.6. The van der Waals surface area contributed by atoms with Crippen LogP contribution in [-0.2, 0) is 19.6 Å². The number of carbonyl (C=O) groups is 1. The van der Waals surface area contributed by atoms with Crippen molar-refractivity contribution in [2.45, 2.75) is 50.2 Å². The molecular weight excluding hydrogens is 432 g/mol. The summed E-state index contributed by atoms with van der Waals surface area (Å²) >= 11 is 3.33. The highest BCUT2D eigenvalue weighted by Gasteiger charge is 2.39. The number of sulfonamides is 1. The molecule has 1 amide bonds. The molecule has 0 bridgehead atoms. The second kappa shape index (κ2) is 7.81. The third kappa shape index (κ3) is 4.72. The van der Waals surface area contributed by atoms with Crippen LogP contribution < -0.4 is 0 Å². The molecule has 2 aliphatic rings. The third-order valence-electron chi connectivity index (χ3n) is 5.07. The predicted octanol–water partition coefficient (Wildman–Crippen LogP) is 2.88. The Morgan fingerprint density at radius 3 is 2.52 bits per heavy atom. The topological polar surface area (TPSA) is 66.9 Å². The number of benzene rings is 1. The number of rotatable bonds is 3. The number of nitrogens with zero attached hydrogens (tertiary/aromatic N) is 2. The monoisotopic (exact) mass is 458 g/mol. The molecule has 2 atom stereocenters. The van der Waals surface area contributed by atoms with E-state index in [0.717, 1.165) is 10.9 Å². The highest BCUT2D eigenvalue weighted by Crippen LogP contribution is 2.28. The molecule has 0 saturated carbocycles. The maximum Gasteiger partial charge on any atom is 0.243 e. The molecule has 0 radical (unpaired) electrons. The van der Waals surface area contributed by atoms with Crippen molar-refractivity contribution in [1.82, 2.24) is 9.21 Å². The summed E-state index contributed by atoms with van der Waals surface area (Å²) in [5.41, 5.74) is -0.384. The zero-order valence-electron chi connectivity index (χ0n) is 16.0. The summed E-state index contributed by atoms with van der Waals surface area (Å²) in [5, 5.41) is 0. The van der Waals surface area contributed by atoms with Gasteiger partial charge >= 0.3 is 0 Å². The van der Waals surface area contributed by atoms with Gasteiger partial charge in [-0.25, -0.2) is 8.42 Å². The summed E-state index contributed by atoms with van der Waals surface area (Å²) in [7, 11) is -3.59. The summed E-state index contributed by atoms with van der Waals surface area (Å²) in [6, 6.07) is 6.63. The van der Waals surface area contributed by atoms with Crippen LogP contribution in [-0.4, -0.2) is 61.4 Å². The lowest BCUT2D eigenvalue weighted by atomic mass is 9.96. The van der Waals surface area contributed by atoms with Crippen LogP contribution >= 0.6 is 15.9 Å². The second-order valence-electron chi connectivity index (χ2n) is 8.06. The molecule has 2 fully saturated rings. The van der Waals surface area contributed by atoms with E-state index >= 15 is 0 Å². The first-order valence-electron chi connectivity index (χ1n) is 9.31. The van der Waals surface area contributed by atoms with Crippen LogP contribution in [0.1, 0.15) is 33.6 Å². The van der Waals surface area contributed by atoms with Gasteiger partial charge in [0.15, 0.2) is 0 Å². The minimum Gasteiger partial charge on any atom is -0.369 e. The number of hydrogen-bond acceptors (Lipinski definition) is 4. The van der Waals surface area contributed by atoms with E-state index < -0.39 is 10.0 Å². The summed E-state index contributed by atoms with van der Waals surface area (Å²) in [5.74, 6) is -0.265. The first-order valence-corrected chi connectivity index (χ1v) is 11.5. The van der Waals surface area contributed by atoms with E-state index in [1.807, 2.05) is 25.7 Å². The van der Waals surface area contributed by atoms with Crippen molar-refractivity contribution in [2.24, 2.45) is 5.92 Å². The summed E-state index contributed by atoms with van der Waals surface area (Å²) in [6.07, 6.45) is 1.39. The van der Waals surface area contributed by atoms with Gasteiger partial charge in [-0.1, -0.05) is 15.9 Å². The van der Waals surface area contributed by atoms with Crippen molar-refractivity contribution in [1.29, 1.82) is 0 Å². The van der Waals surface area contributed by atoms with E-state index in [-0.39, 0.29) is 35.0 Å². The van der Waals surface area contributed by atoms with Crippen molar-refractivity contribution in [2.75, 3.05) is 26.2 Å². The highest BCUT2D eigenvalue weighted by molar-refractivity contribution is 9.10. The van der Waals surface area contributed by atoms with Crippen LogP contribution in [0.2, 0.25) is 0 Å². The SMILES string of the molecule is CC1CN(C(=O)C2CCCN(S(=O)(=O)c3ccc(Br)cc3)C2)CC(C)(C)O1. The van der Waals surface area contributed by atoms with Crippen LogP contribution in [0, 0.1) is 5.92 Å². The number of piperidine rings is 1. The summed E-state index contributed by atoms with van der Waals surface area (Å²) < 4.78 is 34.1. The quantitative estimate of drug-likeness (QED) is 0.698. The normalized spacial score (nSPS) is 26.7. The number of hydrogen-bond donors (Lipinski definition) is 0. The van der Waals surface area contributed by atoms with Gasteiger partial charge in [-0.05, 0) is 57.9 Å². The van der Waals surface area contributed by atoms with E-state index in [9.17, 15) is 13.2 Å². The van der Waals surface area contributed by atoms with E-state index in [2.05, 4.69) is 15.9 Å². The Kier molecular flexibility index (Phi) is 6.01. The van der Waals surface area contributed by atoms with Crippen LogP contribution in [0.25, 0.3) is 0 Å². The molecule has 27 heavy (non-hydrogen) atoms. The average Bonchev–Trinajstić information content (AvgIpc) is 2.60. The summed E-state index contributed by atoms with van der Waals surface area (Å²) in [4.78, 5) is 15.2. The van der Waals surface area contributed by atoms with E-state index in [1.54, 1.807) is 24.3 Å². The van der Waals surface area contributed by atoms with Crippen molar-refractivity contribution in [3.8, 4) is 0 Å². The Bertz CT molecular complexity index is 794. The Morgan fingerprint density at radius 2 is 1.89 bits per heavy atom. The molecule has 0 aromatic heterocycles. The van der Waals surface area contributed by atoms with Gasteiger partial charge in [0.05, 0.1) is 22.5 Å². The molecule has 150 valence electrons. The molecule has 0 N–H and O–H groups in total. The van der Waals surface area contributed by atoms with Crippen LogP contribution in [0.5, 0.6) is 0 Å². The lowest BCUT2D eigenvalue weighted by Gasteiger charge is -2.43. The van der Waals surface area contributed by atoms with Gasteiger partial charge in [0, 0.05) is 30.7 Å². The lowest BCUT2D eigenvalue weighted by Crippen LogP contribution is -2.56. The van der Waals surface area contributed by atoms with Gasteiger partial charge in [0.1, 0.15) is 0 Å². The Hall–Kier alpha value is -0.960. The van der Waals surface area contributed by atoms with Gasteiger partial charge in [0.2, 0.25) is 15.9 Å². The van der Waals surface area contributed by atoms with E-state index in [1.165, 1.54) is 4.31 Å². The zero-order valence-corrected chi connectivity index (χ0v) is 18.4. The van der Waals surface area contributed by atoms with Crippen molar-refractivity contribution >= 4 is 31.9 Å². The molecule has 1 aromatic rings. The maximum atomic E-state index is 13.1. The molecule has 0 aliphatic carbocycles. The van der Waals surface area contributed by atoms with Gasteiger partial charge in [-0.3, -0.25) is 4.79 Å². The summed E-state index contributed by atoms with van der Waals surface area (Å²) in [6.45, 7) is 7.70. The number of morpholine rings is 1. The van der Waals surface area contributed by atoms with Crippen molar-refractivity contribution in [3.63, 3.8) is 0 Å². The fraction of sp³-hybridized carbons (Fsp3) is 0.632. The van der Waals surface area contributed by atoms with Gasteiger partial charge in [-0.15, -0.1) is 0 Å². The maximum absolute atomic E-state index is 13.1. The van der Waals surface area contributed by atoms with E-state index in [0.29, 0.717) is 26.1 Å². The van der Waals surface area contributed by atoms with Gasteiger partial charge in [0.25, 0.3) is 0 Å². The molecular formula is C19H27BrN2O4S. The molecule has 2 saturated heterocycles. The van der Waals surface area contributed by atoms with Gasteiger partial charge in [-0.2, -0.15) is 4.31 Å². The third-order valence-corrected chi connectivity index (χ3v) is 7.47. The molecule has 2 heterocycles. The molecule has 0 spiro atoms. The number of ether oxygens (including phenoxy) is 1. The molecule has 1 aromatic carbocycles. The van der Waals surface area contributed by atoms with E-state index in [4.69, 9.17) is 4.74 Å². The lowest BCUT2D eigenvalue weighted by molar-refractivity contribution is -0.162. The fourth-order valence-corrected chi connectivity index (χ4v) is 5.79. The second-order valence-corrected chi connectivity index (χ2v) is 10.9. The van der Waals surface area contributed by atoms with Crippen molar-refractivity contribution in [3.05, 3.63) is 28.7 Å². The zero-order chi connectivity index (χ0) is 19.8. The fourth-order valence-electron chi connectivity index (χ4n) is 4.00. The predicted molar refractivity (Wildman–Crippen MR) is 107 cm³/mol. The van der Waals surface area contributed by atoms with Gasteiger partial charge < -0.3 is 9.64 Å². The Balaban J connectivity index is 1.74. The number of halogens is 1. The molecule has 2 aliphatic heterocycles. The van der Waals surface area contributed by atoms with Crippen LogP contribution in [0.4, 0.5) is 0 Å². The van der Waals surface area contributed by atoms with Crippen LogP contribution in [0.3, 0.4) is 0 Å². The molecule has 8 heteroatoms. The minimum atomic E-state index is -3.59. The number of amides is 1. The minimum absolute atomic E-state index is 0.0242. The van der Waals surface area contributed by atoms with Crippen molar-refractivity contribution < 1.29 is 17.9 Å². The molecule has 6 nitrogen and oxygen atoms in total. The first kappa shape index (κ1) is 20.8. The van der Waals surface area contributed by atoms with Crippen LogP contribution in [0.15, 0.2) is 33.6 Å². The Morgan fingerprint density at radius 1 is 1.22 bits per heavy atom. The Labute approximate surface area is 170 Å². The molecule has 2 unspecified atom stereocenters. The average molecular weight is 459 g/mol. The highest BCUT2D eigenvalue weighted by atomic mass is 79.9. The smallest absolute Gasteiger partial charge is 0.243 e. The molecule has 3 rings (SSSR count). The number of carbonyl (C=O) groups excluding carboxylic acids is 1. The standard InChI is InChI=1S/C19H27BrN2O4S/c1-14-11-21(13-19(2,3)26-14)18(23)15-5-4-10-22(12-15)27(24,25)17-8-6-16(20)7-9-17/h6-9,14-15H,4-5,10-13H2,1-3H3. The largest absolute Gasteiger partial charge is 0.369 e.